The van der Waals surface area contributed by atoms with Crippen LogP contribution in [-0.4, -0.2) is 26.1 Å². The standard InChI is InChI=1S/C12H15FO3/c1-4-10(15-2)12(14)9-7-8(13)5-6-11(9)16-3/h5-7,10H,4H2,1-3H3. The number of methoxy groups -OCH3 is 2. The van der Waals surface area contributed by atoms with Crippen molar-refractivity contribution < 1.29 is 18.7 Å². The highest BCUT2D eigenvalue weighted by Crippen LogP contribution is 2.22. The third-order valence-corrected chi connectivity index (χ3v) is 2.37. The lowest BCUT2D eigenvalue weighted by molar-refractivity contribution is 0.0592. The van der Waals surface area contributed by atoms with E-state index < -0.39 is 11.9 Å². The molecule has 0 aliphatic heterocycles. The molecular formula is C12H15FO3. The first-order valence-corrected chi connectivity index (χ1v) is 5.04. The third-order valence-electron chi connectivity index (χ3n) is 2.37. The normalized spacial score (nSPS) is 12.2. The molecule has 16 heavy (non-hydrogen) atoms. The molecule has 0 aromatic heterocycles. The molecule has 0 amide bonds. The van der Waals surface area contributed by atoms with Crippen LogP contribution in [0, 0.1) is 5.82 Å². The van der Waals surface area contributed by atoms with Crippen LogP contribution in [0.15, 0.2) is 18.2 Å². The molecule has 1 rings (SSSR count). The molecule has 0 saturated heterocycles. The Morgan fingerprint density at radius 1 is 1.44 bits per heavy atom. The molecule has 0 bridgehead atoms. The first kappa shape index (κ1) is 12.6. The van der Waals surface area contributed by atoms with E-state index in [1.165, 1.54) is 32.4 Å². The van der Waals surface area contributed by atoms with E-state index in [0.717, 1.165) is 0 Å². The highest BCUT2D eigenvalue weighted by molar-refractivity contribution is 6.01. The van der Waals surface area contributed by atoms with Crippen LogP contribution in [0.3, 0.4) is 0 Å². The van der Waals surface area contributed by atoms with Gasteiger partial charge in [0.2, 0.25) is 0 Å². The van der Waals surface area contributed by atoms with Crippen molar-refractivity contribution in [2.24, 2.45) is 0 Å². The number of ketones is 1. The van der Waals surface area contributed by atoms with Gasteiger partial charge in [-0.05, 0) is 24.6 Å². The van der Waals surface area contributed by atoms with Crippen molar-refractivity contribution in [1.29, 1.82) is 0 Å². The Bertz CT molecular complexity index is 373. The van der Waals surface area contributed by atoms with Gasteiger partial charge in [0.15, 0.2) is 5.78 Å². The molecule has 0 saturated carbocycles. The van der Waals surface area contributed by atoms with E-state index in [1.807, 2.05) is 6.92 Å². The number of carbonyl (C=O) groups excluding carboxylic acids is 1. The molecule has 1 atom stereocenters. The highest BCUT2D eigenvalue weighted by atomic mass is 19.1. The van der Waals surface area contributed by atoms with Crippen LogP contribution in [0.25, 0.3) is 0 Å². The molecule has 1 aromatic carbocycles. The number of carbonyl (C=O) groups is 1. The van der Waals surface area contributed by atoms with Gasteiger partial charge >= 0.3 is 0 Å². The van der Waals surface area contributed by atoms with E-state index in [1.54, 1.807) is 0 Å². The summed E-state index contributed by atoms with van der Waals surface area (Å²) in [6, 6.07) is 3.86. The van der Waals surface area contributed by atoms with Crippen molar-refractivity contribution in [2.45, 2.75) is 19.4 Å². The van der Waals surface area contributed by atoms with E-state index in [0.29, 0.717) is 12.2 Å². The van der Waals surface area contributed by atoms with Gasteiger partial charge in [-0.15, -0.1) is 0 Å². The van der Waals surface area contributed by atoms with E-state index in [2.05, 4.69) is 0 Å². The van der Waals surface area contributed by atoms with Crippen LogP contribution >= 0.6 is 0 Å². The predicted molar refractivity (Wildman–Crippen MR) is 58.4 cm³/mol. The predicted octanol–water partition coefficient (Wildman–Crippen LogP) is 2.44. The monoisotopic (exact) mass is 226 g/mol. The number of halogens is 1. The first-order valence-electron chi connectivity index (χ1n) is 5.04. The lowest BCUT2D eigenvalue weighted by atomic mass is 10.0. The summed E-state index contributed by atoms with van der Waals surface area (Å²) in [7, 11) is 2.90. The minimum atomic E-state index is -0.560. The molecular weight excluding hydrogens is 211 g/mol. The zero-order valence-electron chi connectivity index (χ0n) is 9.62. The molecule has 0 N–H and O–H groups in total. The second kappa shape index (κ2) is 5.61. The molecule has 3 nitrogen and oxygen atoms in total. The maximum atomic E-state index is 13.1. The van der Waals surface area contributed by atoms with Crippen molar-refractivity contribution in [3.63, 3.8) is 0 Å². The average Bonchev–Trinajstić information content (AvgIpc) is 2.30. The highest BCUT2D eigenvalue weighted by Gasteiger charge is 2.21. The number of ether oxygens (including phenoxy) is 2. The smallest absolute Gasteiger partial charge is 0.195 e. The molecule has 0 spiro atoms. The number of rotatable bonds is 5. The van der Waals surface area contributed by atoms with Gasteiger partial charge in [-0.2, -0.15) is 0 Å². The van der Waals surface area contributed by atoms with E-state index in [9.17, 15) is 9.18 Å². The molecule has 0 radical (unpaired) electrons. The first-order chi connectivity index (χ1) is 7.63. The Morgan fingerprint density at radius 3 is 2.62 bits per heavy atom. The fourth-order valence-electron chi connectivity index (χ4n) is 1.51. The Labute approximate surface area is 94.2 Å². The Balaban J connectivity index is 3.10. The second-order valence-electron chi connectivity index (χ2n) is 3.34. The van der Waals surface area contributed by atoms with E-state index in [4.69, 9.17) is 9.47 Å². The molecule has 4 heteroatoms. The summed E-state index contributed by atoms with van der Waals surface area (Å²) in [6.07, 6.45) is -0.0228. The van der Waals surface area contributed by atoms with Crippen LogP contribution in [-0.2, 0) is 4.74 Å². The second-order valence-corrected chi connectivity index (χ2v) is 3.34. The van der Waals surface area contributed by atoms with Crippen LogP contribution in [0.5, 0.6) is 5.75 Å². The van der Waals surface area contributed by atoms with Crippen molar-refractivity contribution in [1.82, 2.24) is 0 Å². The Hall–Kier alpha value is -1.42. The van der Waals surface area contributed by atoms with Gasteiger partial charge in [-0.3, -0.25) is 4.79 Å². The molecule has 0 fully saturated rings. The number of hydrogen-bond acceptors (Lipinski definition) is 3. The zero-order chi connectivity index (χ0) is 12.1. The Kier molecular flexibility index (Phi) is 4.43. The third kappa shape index (κ3) is 2.58. The van der Waals surface area contributed by atoms with Crippen LogP contribution in [0.1, 0.15) is 23.7 Å². The van der Waals surface area contributed by atoms with Crippen molar-refractivity contribution >= 4 is 5.78 Å². The number of hydrogen-bond donors (Lipinski definition) is 0. The SMILES string of the molecule is CCC(OC)C(=O)c1cc(F)ccc1OC. The molecule has 88 valence electrons. The summed E-state index contributed by atoms with van der Waals surface area (Å²) in [5, 5.41) is 0. The lowest BCUT2D eigenvalue weighted by Gasteiger charge is -2.14. The van der Waals surface area contributed by atoms with Gasteiger partial charge in [-0.1, -0.05) is 6.92 Å². The summed E-state index contributed by atoms with van der Waals surface area (Å²) >= 11 is 0. The van der Waals surface area contributed by atoms with Gasteiger partial charge in [0.25, 0.3) is 0 Å². The maximum absolute atomic E-state index is 13.1. The summed E-state index contributed by atoms with van der Waals surface area (Å²) in [5.41, 5.74) is 0.219. The summed E-state index contributed by atoms with van der Waals surface area (Å²) < 4.78 is 23.1. The number of benzene rings is 1. The van der Waals surface area contributed by atoms with Crippen molar-refractivity contribution in [3.05, 3.63) is 29.6 Å². The molecule has 0 aliphatic carbocycles. The van der Waals surface area contributed by atoms with Gasteiger partial charge in [0.05, 0.1) is 12.7 Å². The fraction of sp³-hybridized carbons (Fsp3) is 0.417. The van der Waals surface area contributed by atoms with Gasteiger partial charge < -0.3 is 9.47 Å². The topological polar surface area (TPSA) is 35.5 Å². The average molecular weight is 226 g/mol. The zero-order valence-corrected chi connectivity index (χ0v) is 9.62. The van der Waals surface area contributed by atoms with Crippen LogP contribution in [0.4, 0.5) is 4.39 Å². The van der Waals surface area contributed by atoms with Gasteiger partial charge in [0, 0.05) is 7.11 Å². The summed E-state index contributed by atoms with van der Waals surface area (Å²) in [4.78, 5) is 12.0. The number of Topliss-reactive ketones (excluding diaryl/α,β-unsaturated/α-hetero) is 1. The maximum Gasteiger partial charge on any atom is 0.195 e. The Morgan fingerprint density at radius 2 is 2.12 bits per heavy atom. The van der Waals surface area contributed by atoms with Gasteiger partial charge in [0.1, 0.15) is 17.7 Å². The fourth-order valence-corrected chi connectivity index (χ4v) is 1.51. The minimum absolute atomic E-state index is 0.219. The minimum Gasteiger partial charge on any atom is -0.496 e. The van der Waals surface area contributed by atoms with Gasteiger partial charge in [-0.25, -0.2) is 4.39 Å². The molecule has 0 aliphatic rings. The molecule has 1 unspecified atom stereocenters. The molecule has 1 aromatic rings. The largest absolute Gasteiger partial charge is 0.496 e. The lowest BCUT2D eigenvalue weighted by Crippen LogP contribution is -2.22. The van der Waals surface area contributed by atoms with E-state index in [-0.39, 0.29) is 11.3 Å². The van der Waals surface area contributed by atoms with Crippen molar-refractivity contribution in [2.75, 3.05) is 14.2 Å². The van der Waals surface area contributed by atoms with Crippen LogP contribution < -0.4 is 4.74 Å². The van der Waals surface area contributed by atoms with Crippen molar-refractivity contribution in [3.8, 4) is 5.75 Å². The quantitative estimate of drug-likeness (QED) is 0.723. The summed E-state index contributed by atoms with van der Waals surface area (Å²) in [6.45, 7) is 1.83. The summed E-state index contributed by atoms with van der Waals surface area (Å²) in [5.74, 6) is -0.363. The van der Waals surface area contributed by atoms with Crippen LogP contribution in [0.2, 0.25) is 0 Å². The molecule has 0 heterocycles. The van der Waals surface area contributed by atoms with E-state index >= 15 is 0 Å².